The summed E-state index contributed by atoms with van der Waals surface area (Å²) in [6.07, 6.45) is 1.28. The molecule has 4 heteroatoms. The third kappa shape index (κ3) is 2.62. The highest BCUT2D eigenvalue weighted by atomic mass is 16.5. The molecule has 0 aliphatic carbocycles. The molecule has 0 atom stereocenters. The van der Waals surface area contributed by atoms with Crippen LogP contribution in [0.1, 0.15) is 25.6 Å². The normalized spacial score (nSPS) is 11.0. The first-order valence-corrected chi connectivity index (χ1v) is 4.14. The zero-order valence-corrected chi connectivity index (χ0v) is 7.45. The van der Waals surface area contributed by atoms with Gasteiger partial charge in [-0.1, -0.05) is 19.0 Å². The maximum atomic E-state index is 8.58. The highest BCUT2D eigenvalue weighted by Gasteiger charge is 2.06. The van der Waals surface area contributed by atoms with E-state index < -0.39 is 0 Å². The summed E-state index contributed by atoms with van der Waals surface area (Å²) in [7, 11) is 0. The number of aromatic nitrogens is 2. The molecule has 0 unspecified atom stereocenters. The molecular weight excluding hydrogens is 156 g/mol. The van der Waals surface area contributed by atoms with Gasteiger partial charge in [0, 0.05) is 6.42 Å². The SMILES string of the molecule is CC(C)Cc1noc(CCO)n1. The van der Waals surface area contributed by atoms with E-state index in [2.05, 4.69) is 24.0 Å². The first-order chi connectivity index (χ1) is 5.72. The molecule has 1 aromatic rings. The largest absolute Gasteiger partial charge is 0.396 e. The van der Waals surface area contributed by atoms with E-state index in [1.165, 1.54) is 0 Å². The summed E-state index contributed by atoms with van der Waals surface area (Å²) in [5.74, 6) is 1.78. The van der Waals surface area contributed by atoms with Crippen LogP contribution in [0.2, 0.25) is 0 Å². The topological polar surface area (TPSA) is 59.2 Å². The predicted molar refractivity (Wildman–Crippen MR) is 43.6 cm³/mol. The highest BCUT2D eigenvalue weighted by molar-refractivity contribution is 4.87. The minimum absolute atomic E-state index is 0.0588. The Morgan fingerprint density at radius 2 is 2.25 bits per heavy atom. The summed E-state index contributed by atoms with van der Waals surface area (Å²) in [5.41, 5.74) is 0. The third-order valence-electron chi connectivity index (χ3n) is 1.43. The van der Waals surface area contributed by atoms with E-state index in [1.807, 2.05) is 0 Å². The lowest BCUT2D eigenvalue weighted by Gasteiger charge is -1.95. The van der Waals surface area contributed by atoms with Crippen molar-refractivity contribution in [1.29, 1.82) is 0 Å². The Bertz CT molecular complexity index is 233. The Labute approximate surface area is 71.6 Å². The molecule has 0 aromatic carbocycles. The highest BCUT2D eigenvalue weighted by Crippen LogP contribution is 2.04. The fraction of sp³-hybridized carbons (Fsp3) is 0.750. The second-order valence-electron chi connectivity index (χ2n) is 3.18. The van der Waals surface area contributed by atoms with Gasteiger partial charge in [0.15, 0.2) is 5.82 Å². The van der Waals surface area contributed by atoms with Crippen LogP contribution in [0, 0.1) is 5.92 Å². The number of aliphatic hydroxyl groups excluding tert-OH is 1. The number of hydrogen-bond acceptors (Lipinski definition) is 4. The van der Waals surface area contributed by atoms with Gasteiger partial charge in [-0.3, -0.25) is 0 Å². The molecule has 1 N–H and O–H groups in total. The predicted octanol–water partition coefficient (Wildman–Crippen LogP) is 0.803. The van der Waals surface area contributed by atoms with Gasteiger partial charge in [-0.2, -0.15) is 4.98 Å². The van der Waals surface area contributed by atoms with Gasteiger partial charge in [-0.05, 0) is 5.92 Å². The van der Waals surface area contributed by atoms with Crippen LogP contribution in [-0.4, -0.2) is 21.9 Å². The van der Waals surface area contributed by atoms with Crippen LogP contribution in [0.4, 0.5) is 0 Å². The third-order valence-corrected chi connectivity index (χ3v) is 1.43. The molecule has 0 aliphatic rings. The van der Waals surface area contributed by atoms with E-state index in [1.54, 1.807) is 0 Å². The van der Waals surface area contributed by atoms with Crippen molar-refractivity contribution < 1.29 is 9.63 Å². The van der Waals surface area contributed by atoms with Gasteiger partial charge in [-0.15, -0.1) is 0 Å². The first kappa shape index (κ1) is 9.19. The standard InChI is InChI=1S/C8H14N2O2/c1-6(2)5-7-9-8(3-4-11)12-10-7/h6,11H,3-5H2,1-2H3. The summed E-state index contributed by atoms with van der Waals surface area (Å²) >= 11 is 0. The van der Waals surface area contributed by atoms with Gasteiger partial charge in [-0.25, -0.2) is 0 Å². The summed E-state index contributed by atoms with van der Waals surface area (Å²) in [4.78, 5) is 4.10. The summed E-state index contributed by atoms with van der Waals surface area (Å²) < 4.78 is 4.88. The Kier molecular flexibility index (Phi) is 3.22. The molecule has 0 bridgehead atoms. The summed E-state index contributed by atoms with van der Waals surface area (Å²) in [6.45, 7) is 4.26. The van der Waals surface area contributed by atoms with Crippen molar-refractivity contribution in [1.82, 2.24) is 10.1 Å². The van der Waals surface area contributed by atoms with Crippen LogP contribution >= 0.6 is 0 Å². The fourth-order valence-corrected chi connectivity index (χ4v) is 0.935. The second-order valence-corrected chi connectivity index (χ2v) is 3.18. The molecule has 0 saturated carbocycles. The molecule has 0 spiro atoms. The molecule has 1 aromatic heterocycles. The lowest BCUT2D eigenvalue weighted by atomic mass is 10.1. The van der Waals surface area contributed by atoms with Crippen LogP contribution in [0.15, 0.2) is 4.52 Å². The van der Waals surface area contributed by atoms with Crippen molar-refractivity contribution in [2.24, 2.45) is 5.92 Å². The Hall–Kier alpha value is -0.900. The van der Waals surface area contributed by atoms with Crippen molar-refractivity contribution in [3.8, 4) is 0 Å². The molecule has 4 nitrogen and oxygen atoms in total. The Morgan fingerprint density at radius 1 is 1.50 bits per heavy atom. The van der Waals surface area contributed by atoms with Crippen LogP contribution in [0.25, 0.3) is 0 Å². The Balaban J connectivity index is 2.52. The minimum Gasteiger partial charge on any atom is -0.396 e. The molecule has 0 aliphatic heterocycles. The Morgan fingerprint density at radius 3 is 2.83 bits per heavy atom. The molecule has 68 valence electrons. The minimum atomic E-state index is 0.0588. The molecule has 0 amide bonds. The fourth-order valence-electron chi connectivity index (χ4n) is 0.935. The average molecular weight is 170 g/mol. The van der Waals surface area contributed by atoms with E-state index in [-0.39, 0.29) is 6.61 Å². The van der Waals surface area contributed by atoms with Crippen LogP contribution in [0.3, 0.4) is 0 Å². The lowest BCUT2D eigenvalue weighted by Crippen LogP contribution is -1.97. The monoisotopic (exact) mass is 170 g/mol. The maximum Gasteiger partial charge on any atom is 0.228 e. The number of hydrogen-bond donors (Lipinski definition) is 1. The molecule has 0 saturated heterocycles. The lowest BCUT2D eigenvalue weighted by molar-refractivity contribution is 0.273. The van der Waals surface area contributed by atoms with Gasteiger partial charge in [0.05, 0.1) is 13.0 Å². The van der Waals surface area contributed by atoms with Crippen molar-refractivity contribution in [2.45, 2.75) is 26.7 Å². The summed E-state index contributed by atoms with van der Waals surface area (Å²) in [5, 5.41) is 12.4. The zero-order chi connectivity index (χ0) is 8.97. The molecule has 0 fully saturated rings. The molecule has 0 radical (unpaired) electrons. The average Bonchev–Trinajstić information content (AvgIpc) is 2.36. The summed E-state index contributed by atoms with van der Waals surface area (Å²) in [6, 6.07) is 0. The van der Waals surface area contributed by atoms with E-state index in [0.717, 1.165) is 12.2 Å². The van der Waals surface area contributed by atoms with E-state index in [4.69, 9.17) is 9.63 Å². The van der Waals surface area contributed by atoms with Gasteiger partial charge in [0.25, 0.3) is 0 Å². The van der Waals surface area contributed by atoms with Crippen LogP contribution in [0.5, 0.6) is 0 Å². The van der Waals surface area contributed by atoms with Gasteiger partial charge in [0.1, 0.15) is 0 Å². The van der Waals surface area contributed by atoms with Crippen molar-refractivity contribution in [3.05, 3.63) is 11.7 Å². The molecule has 1 heterocycles. The molecule has 1 rings (SSSR count). The second kappa shape index (κ2) is 4.21. The van der Waals surface area contributed by atoms with Crippen molar-refractivity contribution in [2.75, 3.05) is 6.61 Å². The quantitative estimate of drug-likeness (QED) is 0.726. The van der Waals surface area contributed by atoms with Gasteiger partial charge < -0.3 is 9.63 Å². The van der Waals surface area contributed by atoms with E-state index >= 15 is 0 Å². The van der Waals surface area contributed by atoms with Gasteiger partial charge in [0.2, 0.25) is 5.89 Å². The number of nitrogens with zero attached hydrogens (tertiary/aromatic N) is 2. The van der Waals surface area contributed by atoms with Crippen LogP contribution in [-0.2, 0) is 12.8 Å². The van der Waals surface area contributed by atoms with Gasteiger partial charge >= 0.3 is 0 Å². The van der Waals surface area contributed by atoms with E-state index in [0.29, 0.717) is 18.2 Å². The number of rotatable bonds is 4. The van der Waals surface area contributed by atoms with E-state index in [9.17, 15) is 0 Å². The number of aliphatic hydroxyl groups is 1. The first-order valence-electron chi connectivity index (χ1n) is 4.14. The smallest absolute Gasteiger partial charge is 0.228 e. The zero-order valence-electron chi connectivity index (χ0n) is 7.45. The maximum absolute atomic E-state index is 8.58. The van der Waals surface area contributed by atoms with Crippen LogP contribution < -0.4 is 0 Å². The van der Waals surface area contributed by atoms with Crippen molar-refractivity contribution in [3.63, 3.8) is 0 Å². The van der Waals surface area contributed by atoms with Crippen molar-refractivity contribution >= 4 is 0 Å². The molecule has 12 heavy (non-hydrogen) atoms. The molecular formula is C8H14N2O2.